The molecule has 2 saturated carbocycles. The topological polar surface area (TPSA) is 35.2 Å². The van der Waals surface area contributed by atoms with E-state index in [2.05, 4.69) is 0 Å². The van der Waals surface area contributed by atoms with Crippen LogP contribution in [0.3, 0.4) is 0 Å². The molecule has 0 spiro atoms. The van der Waals surface area contributed by atoms with Crippen LogP contribution < -0.4 is 10.5 Å². The van der Waals surface area contributed by atoms with Gasteiger partial charge in [0.05, 0.1) is 11.6 Å². The predicted octanol–water partition coefficient (Wildman–Crippen LogP) is 3.61. The van der Waals surface area contributed by atoms with E-state index in [0.29, 0.717) is 23.3 Å². The molecule has 0 amide bonds. The highest BCUT2D eigenvalue weighted by Gasteiger charge is 2.38. The summed E-state index contributed by atoms with van der Waals surface area (Å²) in [5, 5.41) is 0.336. The third kappa shape index (κ3) is 2.21. The Morgan fingerprint density at radius 3 is 2.67 bits per heavy atom. The smallest absolute Gasteiger partial charge is 0.143 e. The quantitative estimate of drug-likeness (QED) is 0.906. The highest BCUT2D eigenvalue weighted by molar-refractivity contribution is 6.32. The highest BCUT2D eigenvalue weighted by atomic mass is 35.5. The van der Waals surface area contributed by atoms with E-state index in [1.807, 2.05) is 0 Å². The van der Waals surface area contributed by atoms with Crippen molar-refractivity contribution in [3.63, 3.8) is 0 Å². The number of halogens is 2. The van der Waals surface area contributed by atoms with Gasteiger partial charge < -0.3 is 10.5 Å². The van der Waals surface area contributed by atoms with E-state index in [-0.39, 0.29) is 5.82 Å². The fraction of sp³-hybridized carbons (Fsp3) is 0.571. The predicted molar refractivity (Wildman–Crippen MR) is 69.3 cm³/mol. The van der Waals surface area contributed by atoms with Crippen molar-refractivity contribution in [1.82, 2.24) is 0 Å². The molecule has 1 aromatic carbocycles. The molecule has 0 saturated heterocycles. The standard InChI is InChI=1S/C14H17ClFNO/c15-12-7-10(16)6-11(14(17)4-1-5-14)13(12)18-8-9-2-3-9/h6-7,9H,1-5,8,17H2. The largest absolute Gasteiger partial charge is 0.491 e. The van der Waals surface area contributed by atoms with Crippen LogP contribution in [0.25, 0.3) is 0 Å². The van der Waals surface area contributed by atoms with E-state index in [4.69, 9.17) is 22.1 Å². The lowest BCUT2D eigenvalue weighted by molar-refractivity contribution is 0.231. The van der Waals surface area contributed by atoms with Crippen LogP contribution in [0.15, 0.2) is 12.1 Å². The number of nitrogens with two attached hydrogens (primary N) is 1. The molecule has 1 aromatic rings. The second-order valence-corrected chi connectivity index (χ2v) is 5.94. The second kappa shape index (κ2) is 4.39. The summed E-state index contributed by atoms with van der Waals surface area (Å²) in [6.07, 6.45) is 5.23. The molecule has 2 N–H and O–H groups in total. The first-order valence-electron chi connectivity index (χ1n) is 6.50. The Hall–Kier alpha value is -0.800. The molecule has 0 atom stereocenters. The van der Waals surface area contributed by atoms with Crippen molar-refractivity contribution < 1.29 is 9.13 Å². The third-order valence-electron chi connectivity index (χ3n) is 3.95. The fourth-order valence-electron chi connectivity index (χ4n) is 2.39. The van der Waals surface area contributed by atoms with Crippen molar-refractivity contribution in [1.29, 1.82) is 0 Å². The lowest BCUT2D eigenvalue weighted by Crippen LogP contribution is -2.43. The van der Waals surface area contributed by atoms with Crippen molar-refractivity contribution in [3.05, 3.63) is 28.5 Å². The van der Waals surface area contributed by atoms with E-state index in [1.165, 1.54) is 25.0 Å². The average Bonchev–Trinajstić information content (AvgIpc) is 3.07. The van der Waals surface area contributed by atoms with Crippen LogP contribution in [0.2, 0.25) is 5.02 Å². The number of ether oxygens (including phenoxy) is 1. The summed E-state index contributed by atoms with van der Waals surface area (Å²) >= 11 is 6.11. The van der Waals surface area contributed by atoms with Crippen LogP contribution in [0, 0.1) is 11.7 Å². The van der Waals surface area contributed by atoms with Crippen LogP contribution in [0.5, 0.6) is 5.75 Å². The van der Waals surface area contributed by atoms with Gasteiger partial charge in [-0.1, -0.05) is 11.6 Å². The zero-order valence-corrected chi connectivity index (χ0v) is 11.0. The van der Waals surface area contributed by atoms with Gasteiger partial charge in [0, 0.05) is 11.1 Å². The summed E-state index contributed by atoms with van der Waals surface area (Å²) in [4.78, 5) is 0. The average molecular weight is 270 g/mol. The van der Waals surface area contributed by atoms with Crippen LogP contribution in [-0.2, 0) is 5.54 Å². The number of benzene rings is 1. The van der Waals surface area contributed by atoms with Gasteiger partial charge in [-0.15, -0.1) is 0 Å². The Morgan fingerprint density at radius 2 is 2.11 bits per heavy atom. The summed E-state index contributed by atoms with van der Waals surface area (Å²) in [5.74, 6) is 0.881. The first-order chi connectivity index (χ1) is 8.58. The van der Waals surface area contributed by atoms with Gasteiger partial charge >= 0.3 is 0 Å². The van der Waals surface area contributed by atoms with Crippen LogP contribution in [-0.4, -0.2) is 6.61 Å². The summed E-state index contributed by atoms with van der Waals surface area (Å²) in [6, 6.07) is 2.78. The van der Waals surface area contributed by atoms with Crippen molar-refractivity contribution in [2.45, 2.75) is 37.6 Å². The monoisotopic (exact) mass is 269 g/mol. The van der Waals surface area contributed by atoms with Crippen molar-refractivity contribution in [2.75, 3.05) is 6.61 Å². The fourth-order valence-corrected chi connectivity index (χ4v) is 2.65. The van der Waals surface area contributed by atoms with Crippen LogP contribution >= 0.6 is 11.6 Å². The van der Waals surface area contributed by atoms with Crippen molar-refractivity contribution >= 4 is 11.6 Å². The van der Waals surface area contributed by atoms with Crippen molar-refractivity contribution in [3.8, 4) is 5.75 Å². The summed E-state index contributed by atoms with van der Waals surface area (Å²) in [7, 11) is 0. The zero-order valence-electron chi connectivity index (χ0n) is 10.2. The molecule has 0 unspecified atom stereocenters. The zero-order chi connectivity index (χ0) is 12.8. The molecular weight excluding hydrogens is 253 g/mol. The minimum atomic E-state index is -0.454. The minimum Gasteiger partial charge on any atom is -0.491 e. The minimum absolute atomic E-state index is 0.336. The van der Waals surface area contributed by atoms with Gasteiger partial charge in [0.15, 0.2) is 0 Å². The first-order valence-corrected chi connectivity index (χ1v) is 6.87. The highest BCUT2D eigenvalue weighted by Crippen LogP contribution is 2.46. The summed E-state index contributed by atoms with van der Waals surface area (Å²) in [6.45, 7) is 0.661. The second-order valence-electron chi connectivity index (χ2n) is 5.53. The van der Waals surface area contributed by atoms with E-state index in [0.717, 1.165) is 24.8 Å². The molecular formula is C14H17ClFNO. The summed E-state index contributed by atoms with van der Waals surface area (Å²) in [5.41, 5.74) is 6.56. The maximum Gasteiger partial charge on any atom is 0.143 e. The molecule has 2 aliphatic rings. The number of hydrogen-bond acceptors (Lipinski definition) is 2. The molecule has 2 nitrogen and oxygen atoms in total. The third-order valence-corrected chi connectivity index (χ3v) is 4.23. The Kier molecular flexibility index (Phi) is 2.99. The molecule has 0 bridgehead atoms. The van der Waals surface area contributed by atoms with Gasteiger partial charge in [0.1, 0.15) is 11.6 Å². The van der Waals surface area contributed by atoms with E-state index >= 15 is 0 Å². The van der Waals surface area contributed by atoms with Gasteiger partial charge in [-0.05, 0) is 50.2 Å². The van der Waals surface area contributed by atoms with Gasteiger partial charge in [-0.25, -0.2) is 4.39 Å². The van der Waals surface area contributed by atoms with Gasteiger partial charge in [0.25, 0.3) is 0 Å². The maximum atomic E-state index is 13.5. The Labute approximate surface area is 111 Å². The lowest BCUT2D eigenvalue weighted by Gasteiger charge is -2.39. The first kappa shape index (κ1) is 12.2. The van der Waals surface area contributed by atoms with Gasteiger partial charge in [-0.2, -0.15) is 0 Å². The summed E-state index contributed by atoms with van der Waals surface area (Å²) < 4.78 is 19.3. The van der Waals surface area contributed by atoms with E-state index in [1.54, 1.807) is 0 Å². The Morgan fingerprint density at radius 1 is 1.39 bits per heavy atom. The van der Waals surface area contributed by atoms with E-state index in [9.17, 15) is 4.39 Å². The molecule has 18 heavy (non-hydrogen) atoms. The van der Waals surface area contributed by atoms with Crippen LogP contribution in [0.1, 0.15) is 37.7 Å². The molecule has 0 heterocycles. The molecule has 0 radical (unpaired) electrons. The maximum absolute atomic E-state index is 13.5. The molecule has 2 fully saturated rings. The Balaban J connectivity index is 1.92. The van der Waals surface area contributed by atoms with Gasteiger partial charge in [0.2, 0.25) is 0 Å². The number of rotatable bonds is 4. The van der Waals surface area contributed by atoms with E-state index < -0.39 is 5.54 Å². The molecule has 3 rings (SSSR count). The molecule has 4 heteroatoms. The molecule has 98 valence electrons. The molecule has 0 aliphatic heterocycles. The van der Waals surface area contributed by atoms with Crippen LogP contribution in [0.4, 0.5) is 4.39 Å². The van der Waals surface area contributed by atoms with Crippen molar-refractivity contribution in [2.24, 2.45) is 11.7 Å². The molecule has 2 aliphatic carbocycles. The molecule has 0 aromatic heterocycles. The number of hydrogen-bond donors (Lipinski definition) is 1. The Bertz CT molecular complexity index is 469. The lowest BCUT2D eigenvalue weighted by atomic mass is 9.72. The SMILES string of the molecule is NC1(c2cc(F)cc(Cl)c2OCC2CC2)CCC1. The van der Waals surface area contributed by atoms with Gasteiger partial charge in [-0.3, -0.25) is 0 Å². The normalized spacial score (nSPS) is 21.5.